The van der Waals surface area contributed by atoms with Crippen LogP contribution in [0.25, 0.3) is 0 Å². The first-order valence-corrected chi connectivity index (χ1v) is 7.18. The second kappa shape index (κ2) is 6.09. The predicted octanol–water partition coefficient (Wildman–Crippen LogP) is 3.68. The lowest BCUT2D eigenvalue weighted by atomic mass is 10.1. The first-order chi connectivity index (χ1) is 9.49. The number of benzene rings is 2. The van der Waals surface area contributed by atoms with Crippen molar-refractivity contribution in [3.05, 3.63) is 63.6 Å². The van der Waals surface area contributed by atoms with Crippen LogP contribution in [0.5, 0.6) is 0 Å². The second-order valence-corrected chi connectivity index (χ2v) is 5.78. The lowest BCUT2D eigenvalue weighted by Gasteiger charge is -2.24. The number of halogens is 1. The van der Waals surface area contributed by atoms with Crippen LogP contribution in [-0.4, -0.2) is 12.9 Å². The minimum atomic E-state index is 0.103. The minimum absolute atomic E-state index is 0.103. The number of hydrogen-bond donors (Lipinski definition) is 2. The summed E-state index contributed by atoms with van der Waals surface area (Å²) in [6.45, 7) is 2.82. The Morgan fingerprint density at radius 2 is 1.85 bits per heavy atom. The van der Waals surface area contributed by atoms with E-state index in [1.165, 1.54) is 5.56 Å². The molecule has 20 heavy (non-hydrogen) atoms. The quantitative estimate of drug-likeness (QED) is 0.663. The van der Waals surface area contributed by atoms with Gasteiger partial charge in [-0.25, -0.2) is 0 Å². The number of para-hydroxylation sites is 1. The number of rotatable bonds is 4. The molecule has 2 aromatic rings. The summed E-state index contributed by atoms with van der Waals surface area (Å²) in [7, 11) is 2.02. The van der Waals surface area contributed by atoms with Crippen LogP contribution in [0.1, 0.15) is 16.7 Å². The molecular formula is C16H18BrN3. The molecule has 3 nitrogen and oxygen atoms in total. The van der Waals surface area contributed by atoms with Crippen molar-refractivity contribution >= 4 is 27.5 Å². The van der Waals surface area contributed by atoms with Crippen molar-refractivity contribution in [2.24, 2.45) is 5.73 Å². The molecule has 0 unspecified atom stereocenters. The van der Waals surface area contributed by atoms with Crippen molar-refractivity contribution in [1.82, 2.24) is 0 Å². The molecule has 4 heteroatoms. The molecule has 2 aromatic carbocycles. The van der Waals surface area contributed by atoms with Gasteiger partial charge in [0.15, 0.2) is 0 Å². The molecule has 104 valence electrons. The Bertz CT molecular complexity index is 620. The molecule has 0 saturated heterocycles. The van der Waals surface area contributed by atoms with Gasteiger partial charge in [-0.2, -0.15) is 0 Å². The normalized spacial score (nSPS) is 10.3. The zero-order valence-electron chi connectivity index (χ0n) is 11.7. The van der Waals surface area contributed by atoms with Crippen LogP contribution in [0.15, 0.2) is 46.9 Å². The number of nitrogen functional groups attached to an aromatic ring is 1. The van der Waals surface area contributed by atoms with Gasteiger partial charge in [-0.3, -0.25) is 5.41 Å². The van der Waals surface area contributed by atoms with E-state index in [4.69, 9.17) is 11.1 Å². The second-order valence-electron chi connectivity index (χ2n) is 4.87. The standard InChI is InChI=1S/C16H18BrN3/c1-11-4-3-5-14(16(18)19)15(11)20(2)10-12-6-8-13(17)9-7-12/h3-9H,10H2,1-2H3,(H3,18,19). The third-order valence-electron chi connectivity index (χ3n) is 3.24. The largest absolute Gasteiger partial charge is 0.384 e. The fourth-order valence-corrected chi connectivity index (χ4v) is 2.59. The maximum absolute atomic E-state index is 7.72. The van der Waals surface area contributed by atoms with Crippen LogP contribution < -0.4 is 10.6 Å². The van der Waals surface area contributed by atoms with Crippen molar-refractivity contribution in [2.45, 2.75) is 13.5 Å². The Labute approximate surface area is 128 Å². The molecule has 0 heterocycles. The van der Waals surface area contributed by atoms with E-state index in [0.717, 1.165) is 27.8 Å². The van der Waals surface area contributed by atoms with Gasteiger partial charge in [0.2, 0.25) is 0 Å². The minimum Gasteiger partial charge on any atom is -0.384 e. The van der Waals surface area contributed by atoms with Gasteiger partial charge in [-0.05, 0) is 36.2 Å². The highest BCUT2D eigenvalue weighted by atomic mass is 79.9. The van der Waals surface area contributed by atoms with E-state index in [0.29, 0.717) is 0 Å². The molecule has 0 atom stereocenters. The molecule has 0 saturated carbocycles. The summed E-state index contributed by atoms with van der Waals surface area (Å²) in [5.74, 6) is 0.103. The molecule has 0 bridgehead atoms. The molecule has 0 aliphatic rings. The van der Waals surface area contributed by atoms with E-state index in [-0.39, 0.29) is 5.84 Å². The number of aryl methyl sites for hydroxylation is 1. The van der Waals surface area contributed by atoms with Crippen molar-refractivity contribution in [1.29, 1.82) is 5.41 Å². The van der Waals surface area contributed by atoms with E-state index in [2.05, 4.69) is 33.0 Å². The van der Waals surface area contributed by atoms with E-state index in [1.807, 2.05) is 44.3 Å². The van der Waals surface area contributed by atoms with Gasteiger partial charge in [-0.15, -0.1) is 0 Å². The van der Waals surface area contributed by atoms with Crippen LogP contribution in [0.4, 0.5) is 5.69 Å². The third-order valence-corrected chi connectivity index (χ3v) is 3.77. The molecule has 0 fully saturated rings. The number of amidine groups is 1. The van der Waals surface area contributed by atoms with Crippen LogP contribution in [0, 0.1) is 12.3 Å². The molecule has 2 rings (SSSR count). The van der Waals surface area contributed by atoms with Crippen LogP contribution >= 0.6 is 15.9 Å². The molecule has 0 aromatic heterocycles. The Balaban J connectivity index is 2.31. The first-order valence-electron chi connectivity index (χ1n) is 6.38. The molecule has 0 aliphatic carbocycles. The Morgan fingerprint density at radius 1 is 1.20 bits per heavy atom. The summed E-state index contributed by atoms with van der Waals surface area (Å²) in [5.41, 5.74) is 9.82. The maximum Gasteiger partial charge on any atom is 0.124 e. The Hall–Kier alpha value is -1.81. The molecule has 0 aliphatic heterocycles. The zero-order chi connectivity index (χ0) is 14.7. The van der Waals surface area contributed by atoms with E-state index in [1.54, 1.807) is 0 Å². The summed E-state index contributed by atoms with van der Waals surface area (Å²) in [5, 5.41) is 7.72. The van der Waals surface area contributed by atoms with Gasteiger partial charge < -0.3 is 10.6 Å². The van der Waals surface area contributed by atoms with Crippen LogP contribution in [-0.2, 0) is 6.54 Å². The van der Waals surface area contributed by atoms with Crippen LogP contribution in [0.2, 0.25) is 0 Å². The fourth-order valence-electron chi connectivity index (χ4n) is 2.33. The Morgan fingerprint density at radius 3 is 2.45 bits per heavy atom. The highest BCUT2D eigenvalue weighted by Gasteiger charge is 2.12. The van der Waals surface area contributed by atoms with Gasteiger partial charge in [0, 0.05) is 23.6 Å². The van der Waals surface area contributed by atoms with E-state index < -0.39 is 0 Å². The molecule has 0 spiro atoms. The number of anilines is 1. The van der Waals surface area contributed by atoms with Gasteiger partial charge in [-0.1, -0.05) is 40.2 Å². The summed E-state index contributed by atoms with van der Waals surface area (Å²) < 4.78 is 1.07. The monoisotopic (exact) mass is 331 g/mol. The SMILES string of the molecule is Cc1cccc(C(=N)N)c1N(C)Cc1ccc(Br)cc1. The Kier molecular flexibility index (Phi) is 4.45. The summed E-state index contributed by atoms with van der Waals surface area (Å²) >= 11 is 3.44. The molecule has 0 amide bonds. The highest BCUT2D eigenvalue weighted by Crippen LogP contribution is 2.25. The molecule has 3 N–H and O–H groups in total. The van der Waals surface area contributed by atoms with Gasteiger partial charge in [0.05, 0.1) is 5.69 Å². The molecule has 0 radical (unpaired) electrons. The summed E-state index contributed by atoms with van der Waals surface area (Å²) in [6.07, 6.45) is 0. The fraction of sp³-hybridized carbons (Fsp3) is 0.188. The topological polar surface area (TPSA) is 53.1 Å². The summed E-state index contributed by atoms with van der Waals surface area (Å²) in [6, 6.07) is 14.1. The van der Waals surface area contributed by atoms with Gasteiger partial charge >= 0.3 is 0 Å². The van der Waals surface area contributed by atoms with Gasteiger partial charge in [0.1, 0.15) is 5.84 Å². The third kappa shape index (κ3) is 3.20. The van der Waals surface area contributed by atoms with E-state index >= 15 is 0 Å². The number of hydrogen-bond acceptors (Lipinski definition) is 2. The maximum atomic E-state index is 7.72. The van der Waals surface area contributed by atoms with Crippen molar-refractivity contribution < 1.29 is 0 Å². The predicted molar refractivity (Wildman–Crippen MR) is 88.4 cm³/mol. The average molecular weight is 332 g/mol. The lowest BCUT2D eigenvalue weighted by Crippen LogP contribution is -2.23. The smallest absolute Gasteiger partial charge is 0.124 e. The zero-order valence-corrected chi connectivity index (χ0v) is 13.2. The van der Waals surface area contributed by atoms with Gasteiger partial charge in [0.25, 0.3) is 0 Å². The first kappa shape index (κ1) is 14.6. The number of nitrogens with one attached hydrogen (secondary N) is 1. The van der Waals surface area contributed by atoms with Crippen molar-refractivity contribution in [3.8, 4) is 0 Å². The van der Waals surface area contributed by atoms with Crippen molar-refractivity contribution in [2.75, 3.05) is 11.9 Å². The lowest BCUT2D eigenvalue weighted by molar-refractivity contribution is 0.915. The van der Waals surface area contributed by atoms with E-state index in [9.17, 15) is 0 Å². The number of nitrogens with zero attached hydrogens (tertiary/aromatic N) is 1. The van der Waals surface area contributed by atoms with Crippen molar-refractivity contribution in [3.63, 3.8) is 0 Å². The summed E-state index contributed by atoms with van der Waals surface area (Å²) in [4.78, 5) is 2.13. The average Bonchev–Trinajstić information content (AvgIpc) is 2.40. The molecular weight excluding hydrogens is 314 g/mol. The number of nitrogens with two attached hydrogens (primary N) is 1. The highest BCUT2D eigenvalue weighted by molar-refractivity contribution is 9.10. The van der Waals surface area contributed by atoms with Crippen LogP contribution in [0.3, 0.4) is 0 Å².